The van der Waals surface area contributed by atoms with Crippen molar-refractivity contribution in [3.63, 3.8) is 0 Å². The first kappa shape index (κ1) is 19.3. The molecule has 9 heteroatoms. The first-order valence-corrected chi connectivity index (χ1v) is 10.2. The van der Waals surface area contributed by atoms with Crippen molar-refractivity contribution in [3.05, 3.63) is 88.3 Å². The van der Waals surface area contributed by atoms with Crippen LogP contribution >= 0.6 is 0 Å². The second-order valence-electron chi connectivity index (χ2n) is 6.11. The van der Waals surface area contributed by atoms with Crippen molar-refractivity contribution in [1.29, 1.82) is 0 Å². The van der Waals surface area contributed by atoms with Crippen molar-refractivity contribution in [2.75, 3.05) is 16.3 Å². The minimum atomic E-state index is -3.43. The topological polar surface area (TPSA) is 110 Å². The van der Waals surface area contributed by atoms with Gasteiger partial charge >= 0.3 is 0 Å². The number of carbonyl (C=O) groups excluding carboxylic acids is 1. The molecule has 144 valence electrons. The fourth-order valence-corrected chi connectivity index (χ4v) is 3.06. The molecular formula is C19H18N4O4S. The van der Waals surface area contributed by atoms with Gasteiger partial charge in [-0.1, -0.05) is 36.4 Å². The molecule has 28 heavy (non-hydrogen) atoms. The molecule has 0 aliphatic rings. The van der Waals surface area contributed by atoms with E-state index in [1.807, 2.05) is 30.3 Å². The highest BCUT2D eigenvalue weighted by atomic mass is 32.2. The van der Waals surface area contributed by atoms with E-state index in [4.69, 9.17) is 0 Å². The van der Waals surface area contributed by atoms with Gasteiger partial charge in [-0.2, -0.15) is 5.10 Å². The number of sulfonamides is 1. The maximum Gasteiger partial charge on any atom is 0.276 e. The van der Waals surface area contributed by atoms with Crippen LogP contribution in [-0.4, -0.2) is 30.4 Å². The van der Waals surface area contributed by atoms with Crippen LogP contribution in [0.5, 0.6) is 0 Å². The second-order valence-corrected chi connectivity index (χ2v) is 7.86. The Balaban J connectivity index is 1.79. The Bertz CT molecular complexity index is 1160. The summed E-state index contributed by atoms with van der Waals surface area (Å²) in [4.78, 5) is 24.5. The largest absolute Gasteiger partial charge is 0.321 e. The summed E-state index contributed by atoms with van der Waals surface area (Å²) in [6, 6.07) is 18.2. The standard InChI is InChI=1S/C19H18N4O4S/c1-28(26,27)22-16-9-5-8-15(12-16)20-19(25)17-10-11-18(24)23(21-17)13-14-6-3-2-4-7-14/h2-12,22H,13H2,1H3,(H,20,25). The molecule has 0 spiro atoms. The van der Waals surface area contributed by atoms with Gasteiger partial charge in [0.05, 0.1) is 18.5 Å². The summed E-state index contributed by atoms with van der Waals surface area (Å²) in [6.07, 6.45) is 1.04. The van der Waals surface area contributed by atoms with E-state index in [0.717, 1.165) is 11.8 Å². The quantitative estimate of drug-likeness (QED) is 0.659. The van der Waals surface area contributed by atoms with Gasteiger partial charge in [-0.25, -0.2) is 13.1 Å². The predicted molar refractivity (Wildman–Crippen MR) is 107 cm³/mol. The van der Waals surface area contributed by atoms with Crippen LogP contribution < -0.4 is 15.6 Å². The van der Waals surface area contributed by atoms with E-state index in [2.05, 4.69) is 15.1 Å². The van der Waals surface area contributed by atoms with Gasteiger partial charge in [-0.3, -0.25) is 14.3 Å². The van der Waals surface area contributed by atoms with Crippen molar-refractivity contribution in [2.24, 2.45) is 0 Å². The third kappa shape index (κ3) is 5.27. The van der Waals surface area contributed by atoms with Crippen molar-refractivity contribution >= 4 is 27.3 Å². The number of aromatic nitrogens is 2. The number of anilines is 2. The van der Waals surface area contributed by atoms with E-state index >= 15 is 0 Å². The van der Waals surface area contributed by atoms with Crippen molar-refractivity contribution in [1.82, 2.24) is 9.78 Å². The maximum atomic E-state index is 12.5. The van der Waals surface area contributed by atoms with Crippen LogP contribution in [0.1, 0.15) is 16.1 Å². The molecule has 3 aromatic rings. The summed E-state index contributed by atoms with van der Waals surface area (Å²) in [5.41, 5.74) is 1.34. The molecule has 0 saturated heterocycles. The van der Waals surface area contributed by atoms with Crippen LogP contribution in [0.2, 0.25) is 0 Å². The van der Waals surface area contributed by atoms with Gasteiger partial charge in [0.15, 0.2) is 0 Å². The summed E-state index contributed by atoms with van der Waals surface area (Å²) in [5.74, 6) is -0.515. The molecule has 2 N–H and O–H groups in total. The number of hydrogen-bond donors (Lipinski definition) is 2. The number of carbonyl (C=O) groups is 1. The number of rotatable bonds is 6. The van der Waals surface area contributed by atoms with Crippen LogP contribution in [0, 0.1) is 0 Å². The molecule has 0 radical (unpaired) electrons. The summed E-state index contributed by atoms with van der Waals surface area (Å²) in [6.45, 7) is 0.245. The van der Waals surface area contributed by atoms with E-state index in [-0.39, 0.29) is 17.8 Å². The van der Waals surface area contributed by atoms with Gasteiger partial charge in [0.1, 0.15) is 5.69 Å². The molecule has 1 aromatic heterocycles. The Hall–Kier alpha value is -3.46. The fraction of sp³-hybridized carbons (Fsp3) is 0.105. The lowest BCUT2D eigenvalue weighted by Crippen LogP contribution is -2.26. The number of nitrogens with zero attached hydrogens (tertiary/aromatic N) is 2. The number of hydrogen-bond acceptors (Lipinski definition) is 5. The Kier molecular flexibility index (Phi) is 5.55. The highest BCUT2D eigenvalue weighted by molar-refractivity contribution is 7.92. The lowest BCUT2D eigenvalue weighted by Gasteiger charge is -2.09. The molecule has 1 heterocycles. The van der Waals surface area contributed by atoms with Crippen molar-refractivity contribution in [2.45, 2.75) is 6.54 Å². The van der Waals surface area contributed by atoms with E-state index in [0.29, 0.717) is 11.4 Å². The molecule has 0 saturated carbocycles. The van der Waals surface area contributed by atoms with Crippen molar-refractivity contribution in [3.8, 4) is 0 Å². The average molecular weight is 398 g/mol. The lowest BCUT2D eigenvalue weighted by atomic mass is 10.2. The molecule has 0 unspecified atom stereocenters. The number of nitrogens with one attached hydrogen (secondary N) is 2. The smallest absolute Gasteiger partial charge is 0.276 e. The molecule has 1 amide bonds. The van der Waals surface area contributed by atoms with E-state index < -0.39 is 15.9 Å². The minimum Gasteiger partial charge on any atom is -0.321 e. The van der Waals surface area contributed by atoms with Crippen molar-refractivity contribution < 1.29 is 13.2 Å². The number of amides is 1. The molecule has 3 rings (SSSR count). The van der Waals surface area contributed by atoms with Gasteiger partial charge in [-0.15, -0.1) is 0 Å². The fourth-order valence-electron chi connectivity index (χ4n) is 2.51. The Morgan fingerprint density at radius 2 is 1.71 bits per heavy atom. The average Bonchev–Trinajstić information content (AvgIpc) is 2.63. The minimum absolute atomic E-state index is 0.0667. The second kappa shape index (κ2) is 8.05. The summed E-state index contributed by atoms with van der Waals surface area (Å²) in [5, 5.41) is 6.77. The summed E-state index contributed by atoms with van der Waals surface area (Å²) in [7, 11) is -3.43. The SMILES string of the molecule is CS(=O)(=O)Nc1cccc(NC(=O)c2ccc(=O)n(Cc3ccccc3)n2)c1. The monoisotopic (exact) mass is 398 g/mol. The van der Waals surface area contributed by atoms with Crippen LogP contribution in [0.4, 0.5) is 11.4 Å². The molecule has 0 atom stereocenters. The van der Waals surface area contributed by atoms with Gasteiger partial charge in [0.25, 0.3) is 11.5 Å². The van der Waals surface area contributed by atoms with Crippen LogP contribution in [0.3, 0.4) is 0 Å². The molecule has 8 nitrogen and oxygen atoms in total. The molecular weight excluding hydrogens is 380 g/mol. The van der Waals surface area contributed by atoms with E-state index in [9.17, 15) is 18.0 Å². The van der Waals surface area contributed by atoms with Gasteiger partial charge in [-0.05, 0) is 29.8 Å². The molecule has 0 aliphatic carbocycles. The summed E-state index contributed by atoms with van der Waals surface area (Å²) >= 11 is 0. The van der Waals surface area contributed by atoms with Gasteiger partial charge in [0.2, 0.25) is 10.0 Å². The third-order valence-corrected chi connectivity index (χ3v) is 4.30. The zero-order valence-electron chi connectivity index (χ0n) is 15.0. The van der Waals surface area contributed by atoms with E-state index in [1.165, 1.54) is 22.9 Å². The van der Waals surface area contributed by atoms with Crippen LogP contribution in [0.15, 0.2) is 71.5 Å². The van der Waals surface area contributed by atoms with Crippen LogP contribution in [0.25, 0.3) is 0 Å². The number of benzene rings is 2. The highest BCUT2D eigenvalue weighted by Crippen LogP contribution is 2.16. The summed E-state index contributed by atoms with van der Waals surface area (Å²) < 4.78 is 26.2. The van der Waals surface area contributed by atoms with Gasteiger partial charge in [0, 0.05) is 11.8 Å². The molecule has 0 aliphatic heterocycles. The zero-order valence-corrected chi connectivity index (χ0v) is 15.8. The maximum absolute atomic E-state index is 12.5. The zero-order chi connectivity index (χ0) is 20.1. The first-order valence-electron chi connectivity index (χ1n) is 8.31. The molecule has 2 aromatic carbocycles. The van der Waals surface area contributed by atoms with Gasteiger partial charge < -0.3 is 5.32 Å². The lowest BCUT2D eigenvalue weighted by molar-refractivity contribution is 0.102. The highest BCUT2D eigenvalue weighted by Gasteiger charge is 2.11. The Morgan fingerprint density at radius 1 is 1.00 bits per heavy atom. The molecule has 0 fully saturated rings. The normalized spacial score (nSPS) is 11.0. The third-order valence-electron chi connectivity index (χ3n) is 3.70. The predicted octanol–water partition coefficient (Wildman–Crippen LogP) is 1.92. The first-order chi connectivity index (χ1) is 13.3. The Morgan fingerprint density at radius 3 is 2.43 bits per heavy atom. The van der Waals surface area contributed by atoms with E-state index in [1.54, 1.807) is 18.2 Å². The Labute approximate surface area is 161 Å². The van der Waals surface area contributed by atoms with Crippen LogP contribution in [-0.2, 0) is 16.6 Å². The molecule has 0 bridgehead atoms.